The third kappa shape index (κ3) is 3.17. The Kier molecular flexibility index (Phi) is 4.18. The lowest BCUT2D eigenvalue weighted by atomic mass is 10.2. The molecule has 1 aromatic heterocycles. The molecule has 2 amide bonds. The van der Waals surface area contributed by atoms with Crippen molar-refractivity contribution < 1.29 is 9.59 Å². The molecular formula is C15H16N4O2. The van der Waals surface area contributed by atoms with Gasteiger partial charge in [-0.1, -0.05) is 18.2 Å². The Bertz CT molecular complexity index is 702. The fraction of sp³-hybridized carbons (Fsp3) is 0.133. The zero-order chi connectivity index (χ0) is 15.4. The van der Waals surface area contributed by atoms with Crippen molar-refractivity contribution in [2.45, 2.75) is 13.8 Å². The number of hydrogen-bond donors (Lipinski definition) is 2. The lowest BCUT2D eigenvalue weighted by molar-refractivity contribution is -0.137. The number of para-hydroxylation sites is 1. The van der Waals surface area contributed by atoms with Crippen molar-refractivity contribution in [1.29, 1.82) is 0 Å². The van der Waals surface area contributed by atoms with Crippen molar-refractivity contribution in [2.24, 2.45) is 10.8 Å². The molecule has 0 fully saturated rings. The molecule has 0 aliphatic carbocycles. The smallest absolute Gasteiger partial charge is 0.329 e. The number of nitrogens with one attached hydrogen (secondary N) is 1. The number of rotatable bonds is 3. The summed E-state index contributed by atoms with van der Waals surface area (Å²) in [4.78, 5) is 21.6. The minimum atomic E-state index is -1.07. The quantitative estimate of drug-likeness (QED) is 0.501. The van der Waals surface area contributed by atoms with Crippen LogP contribution in [0.2, 0.25) is 0 Å². The van der Waals surface area contributed by atoms with Crippen LogP contribution in [-0.2, 0) is 9.59 Å². The van der Waals surface area contributed by atoms with E-state index in [4.69, 9.17) is 5.73 Å². The van der Waals surface area contributed by atoms with E-state index in [0.29, 0.717) is 0 Å². The average molecular weight is 284 g/mol. The van der Waals surface area contributed by atoms with Crippen LogP contribution < -0.4 is 11.2 Å². The molecule has 0 unspecified atom stereocenters. The Labute approximate surface area is 122 Å². The summed E-state index contributed by atoms with van der Waals surface area (Å²) in [5.74, 6) is -2.01. The first-order valence-electron chi connectivity index (χ1n) is 6.38. The molecule has 108 valence electrons. The van der Waals surface area contributed by atoms with Gasteiger partial charge in [-0.2, -0.15) is 5.10 Å². The SMILES string of the molecule is Cc1cc(/C=N\NC(=O)C(N)=O)c(C)n1-c1ccccc1. The summed E-state index contributed by atoms with van der Waals surface area (Å²) < 4.78 is 2.08. The zero-order valence-corrected chi connectivity index (χ0v) is 11.8. The van der Waals surface area contributed by atoms with Gasteiger partial charge in [-0.05, 0) is 32.0 Å². The van der Waals surface area contributed by atoms with Gasteiger partial charge >= 0.3 is 11.8 Å². The largest absolute Gasteiger partial charge is 0.361 e. The molecule has 6 heteroatoms. The Balaban J connectivity index is 2.26. The third-order valence-electron chi connectivity index (χ3n) is 3.08. The van der Waals surface area contributed by atoms with Crippen molar-refractivity contribution in [3.8, 4) is 5.69 Å². The Morgan fingerprint density at radius 1 is 1.24 bits per heavy atom. The van der Waals surface area contributed by atoms with Crippen LogP contribution >= 0.6 is 0 Å². The van der Waals surface area contributed by atoms with Crippen LogP contribution in [0.4, 0.5) is 0 Å². The van der Waals surface area contributed by atoms with E-state index in [9.17, 15) is 9.59 Å². The second-order valence-electron chi connectivity index (χ2n) is 4.56. The van der Waals surface area contributed by atoms with Gasteiger partial charge in [0.15, 0.2) is 0 Å². The number of amides is 2. The highest BCUT2D eigenvalue weighted by atomic mass is 16.2. The van der Waals surface area contributed by atoms with Crippen LogP contribution in [0.15, 0.2) is 41.5 Å². The van der Waals surface area contributed by atoms with Crippen LogP contribution in [0, 0.1) is 13.8 Å². The Hall–Kier alpha value is -2.89. The van der Waals surface area contributed by atoms with Crippen molar-refractivity contribution in [3.05, 3.63) is 53.3 Å². The van der Waals surface area contributed by atoms with E-state index in [2.05, 4.69) is 15.1 Å². The molecule has 3 N–H and O–H groups in total. The monoisotopic (exact) mass is 284 g/mol. The highest BCUT2D eigenvalue weighted by Crippen LogP contribution is 2.19. The van der Waals surface area contributed by atoms with Crippen LogP contribution in [0.3, 0.4) is 0 Å². The van der Waals surface area contributed by atoms with Gasteiger partial charge in [0.2, 0.25) is 0 Å². The van der Waals surface area contributed by atoms with Gasteiger partial charge in [-0.3, -0.25) is 9.59 Å². The normalized spacial score (nSPS) is 10.8. The average Bonchev–Trinajstić information content (AvgIpc) is 2.74. The topological polar surface area (TPSA) is 89.5 Å². The molecule has 0 aliphatic heterocycles. The molecule has 0 saturated heterocycles. The molecule has 2 aromatic rings. The number of aryl methyl sites for hydroxylation is 1. The number of nitrogens with two attached hydrogens (primary N) is 1. The van der Waals surface area contributed by atoms with Crippen LogP contribution in [0.1, 0.15) is 17.0 Å². The van der Waals surface area contributed by atoms with Gasteiger partial charge in [0.05, 0.1) is 6.21 Å². The number of hydrogen-bond acceptors (Lipinski definition) is 3. The second-order valence-corrected chi connectivity index (χ2v) is 4.56. The highest BCUT2D eigenvalue weighted by molar-refractivity contribution is 6.34. The first kappa shape index (κ1) is 14.5. The van der Waals surface area contributed by atoms with Crippen LogP contribution in [0.25, 0.3) is 5.69 Å². The predicted molar refractivity (Wildman–Crippen MR) is 80.2 cm³/mol. The number of carbonyl (C=O) groups is 2. The van der Waals surface area contributed by atoms with Crippen LogP contribution in [0.5, 0.6) is 0 Å². The summed E-state index contributed by atoms with van der Waals surface area (Å²) >= 11 is 0. The first-order valence-corrected chi connectivity index (χ1v) is 6.38. The van der Waals surface area contributed by atoms with E-state index in [-0.39, 0.29) is 0 Å². The molecule has 0 spiro atoms. The molecule has 6 nitrogen and oxygen atoms in total. The van der Waals surface area contributed by atoms with E-state index in [1.54, 1.807) is 0 Å². The summed E-state index contributed by atoms with van der Waals surface area (Å²) in [6.07, 6.45) is 1.49. The Morgan fingerprint density at radius 2 is 1.90 bits per heavy atom. The fourth-order valence-corrected chi connectivity index (χ4v) is 2.11. The van der Waals surface area contributed by atoms with Gasteiger partial charge in [0, 0.05) is 22.6 Å². The maximum Gasteiger partial charge on any atom is 0.329 e. The van der Waals surface area contributed by atoms with Crippen molar-refractivity contribution in [1.82, 2.24) is 9.99 Å². The molecular weight excluding hydrogens is 268 g/mol. The lowest BCUT2D eigenvalue weighted by Crippen LogP contribution is -2.32. The summed E-state index contributed by atoms with van der Waals surface area (Å²) in [7, 11) is 0. The maximum absolute atomic E-state index is 11.0. The first-order chi connectivity index (χ1) is 10.0. The Morgan fingerprint density at radius 3 is 2.52 bits per heavy atom. The molecule has 21 heavy (non-hydrogen) atoms. The molecule has 2 rings (SSSR count). The fourth-order valence-electron chi connectivity index (χ4n) is 2.11. The zero-order valence-electron chi connectivity index (χ0n) is 11.8. The second kappa shape index (κ2) is 6.04. The van der Waals surface area contributed by atoms with Gasteiger partial charge in [-0.15, -0.1) is 0 Å². The molecule has 0 bridgehead atoms. The third-order valence-corrected chi connectivity index (χ3v) is 3.08. The molecule has 1 heterocycles. The molecule has 0 saturated carbocycles. The highest BCUT2D eigenvalue weighted by Gasteiger charge is 2.09. The summed E-state index contributed by atoms with van der Waals surface area (Å²) in [5.41, 5.74) is 10.8. The molecule has 0 aliphatic rings. The maximum atomic E-state index is 11.0. The summed E-state index contributed by atoms with van der Waals surface area (Å²) in [6.45, 7) is 3.94. The predicted octanol–water partition coefficient (Wildman–Crippen LogP) is 1.03. The number of nitrogens with zero attached hydrogens (tertiary/aromatic N) is 2. The molecule has 0 atom stereocenters. The number of primary amides is 1. The van der Waals surface area contributed by atoms with E-state index in [0.717, 1.165) is 22.6 Å². The number of hydrazone groups is 1. The number of aromatic nitrogens is 1. The van der Waals surface area contributed by atoms with Crippen LogP contribution in [-0.4, -0.2) is 22.6 Å². The minimum Gasteiger partial charge on any atom is -0.361 e. The van der Waals surface area contributed by atoms with Gasteiger partial charge in [0.1, 0.15) is 0 Å². The standard InChI is InChI=1S/C15H16N4O2/c1-10-8-12(9-17-18-15(21)14(16)20)11(2)19(10)13-6-4-3-5-7-13/h3-9H,1-2H3,(H2,16,20)(H,18,21)/b17-9-. The van der Waals surface area contributed by atoms with Crippen molar-refractivity contribution >= 4 is 18.0 Å². The summed E-state index contributed by atoms with van der Waals surface area (Å²) in [5, 5.41) is 3.73. The minimum absolute atomic E-state index is 0.848. The number of benzene rings is 1. The van der Waals surface area contributed by atoms with Gasteiger partial charge < -0.3 is 10.3 Å². The van der Waals surface area contributed by atoms with E-state index in [1.807, 2.05) is 50.2 Å². The molecule has 0 radical (unpaired) electrons. The lowest BCUT2D eigenvalue weighted by Gasteiger charge is -2.08. The van der Waals surface area contributed by atoms with Gasteiger partial charge in [-0.25, -0.2) is 5.43 Å². The van der Waals surface area contributed by atoms with Crippen molar-refractivity contribution in [2.75, 3.05) is 0 Å². The summed E-state index contributed by atoms with van der Waals surface area (Å²) in [6, 6.07) is 11.9. The van der Waals surface area contributed by atoms with E-state index < -0.39 is 11.8 Å². The van der Waals surface area contributed by atoms with Crippen molar-refractivity contribution in [3.63, 3.8) is 0 Å². The van der Waals surface area contributed by atoms with Gasteiger partial charge in [0.25, 0.3) is 0 Å². The van der Waals surface area contributed by atoms with E-state index in [1.165, 1.54) is 6.21 Å². The van der Waals surface area contributed by atoms with E-state index >= 15 is 0 Å². The number of carbonyl (C=O) groups excluding carboxylic acids is 2. The molecule has 1 aromatic carbocycles.